The fourth-order valence-corrected chi connectivity index (χ4v) is 2.80. The van der Waals surface area contributed by atoms with Gasteiger partial charge in [0, 0.05) is 19.0 Å². The van der Waals surface area contributed by atoms with E-state index in [1.54, 1.807) is 12.1 Å². The number of hydrogen-bond donors (Lipinski definition) is 1. The van der Waals surface area contributed by atoms with Gasteiger partial charge in [-0.2, -0.15) is 0 Å². The number of nitrogens with one attached hydrogen (secondary N) is 1. The molecule has 0 spiro atoms. The maximum atomic E-state index is 13.4. The maximum Gasteiger partial charge on any atom is 0.220 e. The lowest BCUT2D eigenvalue weighted by Gasteiger charge is -2.23. The molecule has 1 N–H and O–H groups in total. The second-order valence-corrected chi connectivity index (χ2v) is 5.84. The molecule has 0 aromatic heterocycles. The standard InChI is InChI=1S/C17H25FN2O/c1-14(20-11-4-5-12-20)13-19-17(21)10-6-8-15-7-2-3-9-16(15)18/h2-3,7,9,14H,4-6,8,10-13H2,1H3,(H,19,21). The zero-order chi connectivity index (χ0) is 15.1. The van der Waals surface area contributed by atoms with Crippen LogP contribution in [0, 0.1) is 5.82 Å². The monoisotopic (exact) mass is 292 g/mol. The number of likely N-dealkylation sites (tertiary alicyclic amines) is 1. The average molecular weight is 292 g/mol. The Morgan fingerprint density at radius 1 is 1.33 bits per heavy atom. The first-order valence-corrected chi connectivity index (χ1v) is 7.91. The average Bonchev–Trinajstić information content (AvgIpc) is 3.01. The van der Waals surface area contributed by atoms with E-state index in [0.29, 0.717) is 37.4 Å². The first-order chi connectivity index (χ1) is 10.2. The van der Waals surface area contributed by atoms with Crippen molar-refractivity contribution in [2.24, 2.45) is 0 Å². The van der Waals surface area contributed by atoms with Crippen molar-refractivity contribution in [2.45, 2.75) is 45.1 Å². The molecule has 2 rings (SSSR count). The summed E-state index contributed by atoms with van der Waals surface area (Å²) in [5, 5.41) is 2.99. The molecule has 3 nitrogen and oxygen atoms in total. The van der Waals surface area contributed by atoms with Crippen LogP contribution < -0.4 is 5.32 Å². The molecule has 0 radical (unpaired) electrons. The zero-order valence-corrected chi connectivity index (χ0v) is 12.8. The van der Waals surface area contributed by atoms with Crippen molar-refractivity contribution in [2.75, 3.05) is 19.6 Å². The van der Waals surface area contributed by atoms with Crippen molar-refractivity contribution >= 4 is 5.91 Å². The van der Waals surface area contributed by atoms with Crippen LogP contribution in [0.4, 0.5) is 4.39 Å². The summed E-state index contributed by atoms with van der Waals surface area (Å²) in [6.45, 7) is 5.15. The van der Waals surface area contributed by atoms with Crippen molar-refractivity contribution in [3.8, 4) is 0 Å². The van der Waals surface area contributed by atoms with Gasteiger partial charge >= 0.3 is 0 Å². The van der Waals surface area contributed by atoms with Gasteiger partial charge in [-0.15, -0.1) is 0 Å². The van der Waals surface area contributed by atoms with Crippen LogP contribution in [0.1, 0.15) is 38.2 Å². The van der Waals surface area contributed by atoms with Crippen LogP contribution in [-0.2, 0) is 11.2 Å². The summed E-state index contributed by atoms with van der Waals surface area (Å²) < 4.78 is 13.4. The van der Waals surface area contributed by atoms with E-state index >= 15 is 0 Å². The van der Waals surface area contributed by atoms with Gasteiger partial charge in [-0.1, -0.05) is 18.2 Å². The third-order valence-corrected chi connectivity index (χ3v) is 4.17. The van der Waals surface area contributed by atoms with Gasteiger partial charge in [0.2, 0.25) is 5.91 Å². The van der Waals surface area contributed by atoms with E-state index in [1.165, 1.54) is 18.9 Å². The van der Waals surface area contributed by atoms with E-state index in [9.17, 15) is 9.18 Å². The van der Waals surface area contributed by atoms with Gasteiger partial charge in [0.15, 0.2) is 0 Å². The Hall–Kier alpha value is -1.42. The molecule has 1 aromatic carbocycles. The molecule has 0 saturated carbocycles. The van der Waals surface area contributed by atoms with Crippen LogP contribution in [-0.4, -0.2) is 36.5 Å². The van der Waals surface area contributed by atoms with E-state index in [4.69, 9.17) is 0 Å². The highest BCUT2D eigenvalue weighted by molar-refractivity contribution is 5.75. The number of rotatable bonds is 7. The normalized spacial score (nSPS) is 16.9. The molecular formula is C17H25FN2O. The lowest BCUT2D eigenvalue weighted by molar-refractivity contribution is -0.121. The van der Waals surface area contributed by atoms with Gasteiger partial charge in [0.05, 0.1) is 0 Å². The number of carbonyl (C=O) groups is 1. The summed E-state index contributed by atoms with van der Waals surface area (Å²) in [5.41, 5.74) is 0.690. The van der Waals surface area contributed by atoms with E-state index in [2.05, 4.69) is 17.1 Å². The lowest BCUT2D eigenvalue weighted by atomic mass is 10.1. The Bertz CT molecular complexity index is 458. The highest BCUT2D eigenvalue weighted by Gasteiger charge is 2.18. The minimum absolute atomic E-state index is 0.0670. The molecule has 1 heterocycles. The van der Waals surface area contributed by atoms with E-state index in [1.807, 2.05) is 6.07 Å². The Labute approximate surface area is 126 Å². The van der Waals surface area contributed by atoms with Crippen LogP contribution in [0.3, 0.4) is 0 Å². The van der Waals surface area contributed by atoms with Crippen LogP contribution in [0.5, 0.6) is 0 Å². The van der Waals surface area contributed by atoms with Gasteiger partial charge in [-0.25, -0.2) is 4.39 Å². The number of carbonyl (C=O) groups excluding carboxylic acids is 1. The highest BCUT2D eigenvalue weighted by atomic mass is 19.1. The Morgan fingerprint density at radius 3 is 2.76 bits per heavy atom. The van der Waals surface area contributed by atoms with Crippen LogP contribution in [0.2, 0.25) is 0 Å². The first-order valence-electron chi connectivity index (χ1n) is 7.91. The number of benzene rings is 1. The number of aryl methyl sites for hydroxylation is 1. The predicted molar refractivity (Wildman–Crippen MR) is 82.6 cm³/mol. The van der Waals surface area contributed by atoms with E-state index < -0.39 is 0 Å². The largest absolute Gasteiger partial charge is 0.355 e. The maximum absolute atomic E-state index is 13.4. The van der Waals surface area contributed by atoms with E-state index in [-0.39, 0.29) is 11.7 Å². The van der Waals surface area contributed by atoms with Crippen molar-refractivity contribution in [1.29, 1.82) is 0 Å². The number of hydrogen-bond acceptors (Lipinski definition) is 2. The quantitative estimate of drug-likeness (QED) is 0.838. The molecule has 1 saturated heterocycles. The molecule has 1 amide bonds. The zero-order valence-electron chi connectivity index (χ0n) is 12.8. The molecule has 1 atom stereocenters. The summed E-state index contributed by atoms with van der Waals surface area (Å²) in [4.78, 5) is 14.2. The van der Waals surface area contributed by atoms with Crippen molar-refractivity contribution < 1.29 is 9.18 Å². The third kappa shape index (κ3) is 5.12. The van der Waals surface area contributed by atoms with Crippen LogP contribution in [0.15, 0.2) is 24.3 Å². The molecule has 1 aliphatic rings. The Kier molecular flexibility index (Phi) is 6.18. The molecule has 1 aromatic rings. The Morgan fingerprint density at radius 2 is 2.05 bits per heavy atom. The number of nitrogens with zero attached hydrogens (tertiary/aromatic N) is 1. The molecule has 4 heteroatoms. The molecule has 1 fully saturated rings. The molecular weight excluding hydrogens is 267 g/mol. The fourth-order valence-electron chi connectivity index (χ4n) is 2.80. The van der Waals surface area contributed by atoms with Gasteiger partial charge in [0.25, 0.3) is 0 Å². The molecule has 1 aliphatic heterocycles. The smallest absolute Gasteiger partial charge is 0.220 e. The molecule has 0 bridgehead atoms. The molecule has 21 heavy (non-hydrogen) atoms. The summed E-state index contributed by atoms with van der Waals surface area (Å²) in [5.74, 6) is -0.113. The first kappa shape index (κ1) is 16.0. The SMILES string of the molecule is CC(CNC(=O)CCCc1ccccc1F)N1CCCC1. The third-order valence-electron chi connectivity index (χ3n) is 4.17. The minimum atomic E-state index is -0.180. The highest BCUT2D eigenvalue weighted by Crippen LogP contribution is 2.11. The predicted octanol–water partition coefficient (Wildman–Crippen LogP) is 2.75. The second-order valence-electron chi connectivity index (χ2n) is 5.84. The summed E-state index contributed by atoms with van der Waals surface area (Å²) in [6.07, 6.45) is 4.29. The van der Waals surface area contributed by atoms with Crippen molar-refractivity contribution in [3.05, 3.63) is 35.6 Å². The van der Waals surface area contributed by atoms with Crippen LogP contribution in [0.25, 0.3) is 0 Å². The summed E-state index contributed by atoms with van der Waals surface area (Å²) in [7, 11) is 0. The summed E-state index contributed by atoms with van der Waals surface area (Å²) >= 11 is 0. The fraction of sp³-hybridized carbons (Fsp3) is 0.588. The van der Waals surface area contributed by atoms with Crippen molar-refractivity contribution in [1.82, 2.24) is 10.2 Å². The minimum Gasteiger partial charge on any atom is -0.355 e. The number of amides is 1. The van der Waals surface area contributed by atoms with Gasteiger partial charge in [0.1, 0.15) is 5.82 Å². The van der Waals surface area contributed by atoms with Gasteiger partial charge in [-0.05, 0) is 57.3 Å². The Balaban J connectivity index is 1.62. The molecule has 116 valence electrons. The van der Waals surface area contributed by atoms with Gasteiger partial charge < -0.3 is 5.32 Å². The van der Waals surface area contributed by atoms with Gasteiger partial charge in [-0.3, -0.25) is 9.69 Å². The number of halogens is 1. The van der Waals surface area contributed by atoms with Crippen molar-refractivity contribution in [3.63, 3.8) is 0 Å². The molecule has 0 aliphatic carbocycles. The summed E-state index contributed by atoms with van der Waals surface area (Å²) in [6, 6.07) is 7.17. The second kappa shape index (κ2) is 8.13. The van der Waals surface area contributed by atoms with Crippen LogP contribution >= 0.6 is 0 Å². The topological polar surface area (TPSA) is 32.3 Å². The molecule has 1 unspecified atom stereocenters. The lowest BCUT2D eigenvalue weighted by Crippen LogP contribution is -2.40. The van der Waals surface area contributed by atoms with E-state index in [0.717, 1.165) is 13.1 Å².